The Labute approximate surface area is 213 Å². The fraction of sp³-hybridized carbons (Fsp3) is 0.185. The number of amides is 1. The highest BCUT2D eigenvalue weighted by atomic mass is 35.5. The lowest BCUT2D eigenvalue weighted by Crippen LogP contribution is -2.29. The van der Waals surface area contributed by atoms with Gasteiger partial charge < -0.3 is 14.6 Å². The molecule has 1 aliphatic heterocycles. The lowest BCUT2D eigenvalue weighted by molar-refractivity contribution is -0.132. The molecular formula is C27H23Cl2NO5. The number of carbonyl (C=O) groups is 2. The summed E-state index contributed by atoms with van der Waals surface area (Å²) >= 11 is 12.5. The quantitative estimate of drug-likeness (QED) is 0.242. The zero-order chi connectivity index (χ0) is 25.3. The van der Waals surface area contributed by atoms with Gasteiger partial charge in [-0.25, -0.2) is 0 Å². The number of carbonyl (C=O) groups excluding carboxylic acids is 2. The highest BCUT2D eigenvalue weighted by Crippen LogP contribution is 2.46. The van der Waals surface area contributed by atoms with E-state index >= 15 is 0 Å². The van der Waals surface area contributed by atoms with Crippen LogP contribution in [0.25, 0.3) is 5.76 Å². The molecule has 1 fully saturated rings. The number of hydrogen-bond acceptors (Lipinski definition) is 5. The first-order chi connectivity index (χ1) is 16.8. The second-order valence-corrected chi connectivity index (χ2v) is 8.74. The van der Waals surface area contributed by atoms with E-state index in [1.807, 2.05) is 19.1 Å². The van der Waals surface area contributed by atoms with Gasteiger partial charge in [0, 0.05) is 16.3 Å². The standard InChI is InChI=1S/C27H23Cl2NO5/c1-4-15-9-11-17(12-10-15)30-23(18-7-5-6-8-21(18)34-2)22(25(32)27(30)33)24(31)19-13-16(28)14-20(29)26(19)35-3/h5-14,23,31H,4H2,1-3H3/b24-22+. The van der Waals surface area contributed by atoms with E-state index < -0.39 is 23.5 Å². The van der Waals surface area contributed by atoms with Gasteiger partial charge in [-0.1, -0.05) is 60.5 Å². The van der Waals surface area contributed by atoms with Crippen molar-refractivity contribution < 1.29 is 24.2 Å². The summed E-state index contributed by atoms with van der Waals surface area (Å²) in [7, 11) is 2.89. The molecule has 1 saturated heterocycles. The number of Topliss-reactive ketones (excluding diaryl/α,β-unsaturated/α-hetero) is 1. The van der Waals surface area contributed by atoms with Crippen LogP contribution in [-0.2, 0) is 16.0 Å². The Morgan fingerprint density at radius 3 is 2.31 bits per heavy atom. The van der Waals surface area contributed by atoms with Crippen LogP contribution in [0.5, 0.6) is 11.5 Å². The van der Waals surface area contributed by atoms with E-state index in [9.17, 15) is 14.7 Å². The largest absolute Gasteiger partial charge is 0.507 e. The van der Waals surface area contributed by atoms with Crippen molar-refractivity contribution in [2.75, 3.05) is 19.1 Å². The minimum absolute atomic E-state index is 0.101. The van der Waals surface area contributed by atoms with Gasteiger partial charge in [0.05, 0.1) is 36.4 Å². The Bertz CT molecular complexity index is 1330. The normalized spacial score (nSPS) is 17.1. The molecule has 4 rings (SSSR count). The molecule has 1 atom stereocenters. The molecule has 6 nitrogen and oxygen atoms in total. The first-order valence-corrected chi connectivity index (χ1v) is 11.6. The fourth-order valence-electron chi connectivity index (χ4n) is 4.27. The molecule has 1 N–H and O–H groups in total. The Morgan fingerprint density at radius 2 is 1.69 bits per heavy atom. The predicted octanol–water partition coefficient (Wildman–Crippen LogP) is 6.20. The Hall–Kier alpha value is -3.48. The maximum Gasteiger partial charge on any atom is 0.300 e. The van der Waals surface area contributed by atoms with E-state index in [4.69, 9.17) is 32.7 Å². The number of aliphatic hydroxyl groups is 1. The Morgan fingerprint density at radius 1 is 1.00 bits per heavy atom. The lowest BCUT2D eigenvalue weighted by Gasteiger charge is -2.27. The topological polar surface area (TPSA) is 76.1 Å². The molecule has 0 aliphatic carbocycles. The summed E-state index contributed by atoms with van der Waals surface area (Å²) in [5.41, 5.74) is 2.09. The molecule has 35 heavy (non-hydrogen) atoms. The third-order valence-corrected chi connectivity index (χ3v) is 6.47. The summed E-state index contributed by atoms with van der Waals surface area (Å²) in [4.78, 5) is 28.2. The van der Waals surface area contributed by atoms with Crippen LogP contribution in [0.1, 0.15) is 29.7 Å². The van der Waals surface area contributed by atoms with Gasteiger partial charge in [0.1, 0.15) is 17.3 Å². The number of halogens is 2. The number of ketones is 1. The van der Waals surface area contributed by atoms with Gasteiger partial charge in [-0.15, -0.1) is 0 Å². The highest BCUT2D eigenvalue weighted by molar-refractivity contribution is 6.52. The van der Waals surface area contributed by atoms with E-state index in [-0.39, 0.29) is 26.9 Å². The van der Waals surface area contributed by atoms with E-state index in [0.717, 1.165) is 12.0 Å². The van der Waals surface area contributed by atoms with Gasteiger partial charge in [0.15, 0.2) is 0 Å². The van der Waals surface area contributed by atoms with Crippen molar-refractivity contribution in [3.05, 3.63) is 93.0 Å². The van der Waals surface area contributed by atoms with Crippen molar-refractivity contribution in [2.45, 2.75) is 19.4 Å². The van der Waals surface area contributed by atoms with Crippen molar-refractivity contribution >= 4 is 46.3 Å². The summed E-state index contributed by atoms with van der Waals surface area (Å²) in [6.07, 6.45) is 0.824. The second kappa shape index (κ2) is 10.0. The first-order valence-electron chi connectivity index (χ1n) is 10.9. The van der Waals surface area contributed by atoms with Gasteiger partial charge in [-0.2, -0.15) is 0 Å². The minimum atomic E-state index is -0.971. The van der Waals surface area contributed by atoms with E-state index in [0.29, 0.717) is 17.0 Å². The molecule has 1 unspecified atom stereocenters. The van der Waals surface area contributed by atoms with Gasteiger partial charge in [0.25, 0.3) is 11.7 Å². The maximum absolute atomic E-state index is 13.4. The average molecular weight is 512 g/mol. The van der Waals surface area contributed by atoms with Crippen molar-refractivity contribution in [3.63, 3.8) is 0 Å². The SMILES string of the molecule is CCc1ccc(N2C(=O)C(=O)/C(=C(/O)c3cc(Cl)cc(Cl)c3OC)C2c2ccccc2OC)cc1. The molecule has 0 saturated carbocycles. The van der Waals surface area contributed by atoms with Crippen molar-refractivity contribution in [3.8, 4) is 11.5 Å². The number of anilines is 1. The minimum Gasteiger partial charge on any atom is -0.507 e. The molecule has 0 spiro atoms. The first kappa shape index (κ1) is 24.6. The van der Waals surface area contributed by atoms with Crippen LogP contribution in [-0.4, -0.2) is 31.0 Å². The summed E-state index contributed by atoms with van der Waals surface area (Å²) in [6, 6.07) is 16.3. The van der Waals surface area contributed by atoms with Crippen LogP contribution in [0.2, 0.25) is 10.0 Å². The highest BCUT2D eigenvalue weighted by Gasteiger charge is 2.48. The van der Waals surface area contributed by atoms with Crippen LogP contribution >= 0.6 is 23.2 Å². The van der Waals surface area contributed by atoms with Crippen molar-refractivity contribution in [1.29, 1.82) is 0 Å². The van der Waals surface area contributed by atoms with Crippen LogP contribution in [0.4, 0.5) is 5.69 Å². The van der Waals surface area contributed by atoms with E-state index in [1.165, 1.54) is 31.3 Å². The van der Waals surface area contributed by atoms with E-state index in [1.54, 1.807) is 36.4 Å². The Kier molecular flexibility index (Phi) is 7.05. The van der Waals surface area contributed by atoms with Crippen LogP contribution < -0.4 is 14.4 Å². The molecule has 1 heterocycles. The smallest absolute Gasteiger partial charge is 0.300 e. The number of ether oxygens (including phenoxy) is 2. The summed E-state index contributed by atoms with van der Waals surface area (Å²) in [6.45, 7) is 2.03. The van der Waals surface area contributed by atoms with Gasteiger partial charge in [-0.3, -0.25) is 14.5 Å². The van der Waals surface area contributed by atoms with Crippen LogP contribution in [0.3, 0.4) is 0 Å². The molecule has 0 aromatic heterocycles. The number of methoxy groups -OCH3 is 2. The maximum atomic E-state index is 13.4. The number of para-hydroxylation sites is 1. The number of nitrogens with zero attached hydrogens (tertiary/aromatic N) is 1. The Balaban J connectivity index is 2.02. The molecule has 8 heteroatoms. The molecule has 0 radical (unpaired) electrons. The predicted molar refractivity (Wildman–Crippen MR) is 137 cm³/mol. The van der Waals surface area contributed by atoms with Gasteiger partial charge >= 0.3 is 0 Å². The van der Waals surface area contributed by atoms with Crippen molar-refractivity contribution in [2.24, 2.45) is 0 Å². The summed E-state index contributed by atoms with van der Waals surface area (Å²) in [5.74, 6) is -1.49. The molecule has 0 bridgehead atoms. The molecule has 1 aliphatic rings. The lowest BCUT2D eigenvalue weighted by atomic mass is 9.94. The molecule has 1 amide bonds. The second-order valence-electron chi connectivity index (χ2n) is 7.90. The third kappa shape index (κ3) is 4.35. The number of rotatable bonds is 6. The van der Waals surface area contributed by atoms with Crippen LogP contribution in [0.15, 0.2) is 66.2 Å². The van der Waals surface area contributed by atoms with Gasteiger partial charge in [-0.05, 0) is 42.3 Å². The number of benzene rings is 3. The van der Waals surface area contributed by atoms with Gasteiger partial charge in [0.2, 0.25) is 0 Å². The molecule has 3 aromatic carbocycles. The third-order valence-electron chi connectivity index (χ3n) is 5.97. The molecule has 3 aromatic rings. The summed E-state index contributed by atoms with van der Waals surface area (Å²) < 4.78 is 10.9. The monoisotopic (exact) mass is 511 g/mol. The number of hydrogen-bond donors (Lipinski definition) is 1. The average Bonchev–Trinajstić information content (AvgIpc) is 3.13. The zero-order valence-electron chi connectivity index (χ0n) is 19.3. The summed E-state index contributed by atoms with van der Waals surface area (Å²) in [5, 5.41) is 11.8. The zero-order valence-corrected chi connectivity index (χ0v) is 20.9. The fourth-order valence-corrected chi connectivity index (χ4v) is 4.84. The van der Waals surface area contributed by atoms with E-state index in [2.05, 4.69) is 0 Å². The number of aryl methyl sites for hydroxylation is 1. The van der Waals surface area contributed by atoms with Crippen LogP contribution in [0, 0.1) is 0 Å². The molecule has 180 valence electrons. The molecular weight excluding hydrogens is 489 g/mol. The number of aliphatic hydroxyl groups excluding tert-OH is 1. The van der Waals surface area contributed by atoms with Crippen molar-refractivity contribution in [1.82, 2.24) is 0 Å².